The summed E-state index contributed by atoms with van der Waals surface area (Å²) in [6.07, 6.45) is 2.83. The van der Waals surface area contributed by atoms with Gasteiger partial charge in [0.25, 0.3) is 0 Å². The quantitative estimate of drug-likeness (QED) is 0.685. The second-order valence-electron chi connectivity index (χ2n) is 5.53. The molecule has 0 aliphatic heterocycles. The van der Waals surface area contributed by atoms with Crippen LogP contribution >= 0.6 is 0 Å². The molecule has 18 heavy (non-hydrogen) atoms. The lowest BCUT2D eigenvalue weighted by molar-refractivity contribution is 0.0483. The van der Waals surface area contributed by atoms with E-state index in [0.29, 0.717) is 12.3 Å². The number of nitrogens with one attached hydrogen (secondary N) is 1. The first-order chi connectivity index (χ1) is 8.44. The summed E-state index contributed by atoms with van der Waals surface area (Å²) in [5.74, 6) is 1.39. The zero-order chi connectivity index (χ0) is 13.6. The number of aliphatic hydroxyl groups is 1. The third kappa shape index (κ3) is 5.14. The van der Waals surface area contributed by atoms with Crippen LogP contribution in [-0.4, -0.2) is 38.6 Å². The summed E-state index contributed by atoms with van der Waals surface area (Å²) in [6.45, 7) is 10.8. The lowest BCUT2D eigenvalue weighted by atomic mass is 9.97. The van der Waals surface area contributed by atoms with Gasteiger partial charge in [0.1, 0.15) is 12.2 Å². The van der Waals surface area contributed by atoms with Gasteiger partial charge < -0.3 is 10.4 Å². The highest BCUT2D eigenvalue weighted by Crippen LogP contribution is 2.15. The molecule has 0 amide bonds. The van der Waals surface area contributed by atoms with Crippen molar-refractivity contribution in [2.24, 2.45) is 5.92 Å². The van der Waals surface area contributed by atoms with E-state index in [-0.39, 0.29) is 0 Å². The van der Waals surface area contributed by atoms with Gasteiger partial charge in [0.05, 0.1) is 5.60 Å². The van der Waals surface area contributed by atoms with Crippen LogP contribution in [-0.2, 0) is 13.0 Å². The molecule has 1 aromatic heterocycles. The van der Waals surface area contributed by atoms with Gasteiger partial charge in [-0.05, 0) is 32.4 Å². The maximum Gasteiger partial charge on any atom is 0.138 e. The van der Waals surface area contributed by atoms with Crippen LogP contribution in [0.15, 0.2) is 6.33 Å². The van der Waals surface area contributed by atoms with Crippen molar-refractivity contribution in [1.29, 1.82) is 0 Å². The minimum absolute atomic E-state index is 0.525. The van der Waals surface area contributed by atoms with Crippen LogP contribution < -0.4 is 5.32 Å². The molecule has 0 aliphatic carbocycles. The molecule has 5 heteroatoms. The van der Waals surface area contributed by atoms with E-state index < -0.39 is 5.60 Å². The van der Waals surface area contributed by atoms with E-state index in [1.165, 1.54) is 0 Å². The molecule has 1 unspecified atom stereocenters. The summed E-state index contributed by atoms with van der Waals surface area (Å²) in [6, 6.07) is 0. The highest BCUT2D eigenvalue weighted by atomic mass is 16.3. The Hall–Kier alpha value is -0.940. The molecule has 0 bridgehead atoms. The summed E-state index contributed by atoms with van der Waals surface area (Å²) in [4.78, 5) is 4.25. The van der Waals surface area contributed by atoms with Gasteiger partial charge in [-0.25, -0.2) is 9.67 Å². The number of rotatable bonds is 8. The van der Waals surface area contributed by atoms with E-state index in [1.807, 2.05) is 11.6 Å². The van der Waals surface area contributed by atoms with Gasteiger partial charge in [-0.3, -0.25) is 0 Å². The van der Waals surface area contributed by atoms with Crippen LogP contribution in [0.4, 0.5) is 0 Å². The third-order valence-corrected chi connectivity index (χ3v) is 2.86. The van der Waals surface area contributed by atoms with E-state index in [4.69, 9.17) is 0 Å². The van der Waals surface area contributed by atoms with E-state index in [9.17, 15) is 5.11 Å². The van der Waals surface area contributed by atoms with Crippen molar-refractivity contribution in [1.82, 2.24) is 20.1 Å². The van der Waals surface area contributed by atoms with Crippen LogP contribution in [0.1, 0.15) is 39.9 Å². The van der Waals surface area contributed by atoms with Crippen molar-refractivity contribution >= 4 is 0 Å². The molecule has 0 spiro atoms. The predicted molar refractivity (Wildman–Crippen MR) is 72.3 cm³/mol. The van der Waals surface area contributed by atoms with Crippen LogP contribution in [0.25, 0.3) is 0 Å². The number of hydrogen-bond acceptors (Lipinski definition) is 4. The SMILES string of the molecule is CCNCCC(C)(O)Cc1ncnn1CC(C)C. The normalized spacial score (nSPS) is 15.0. The van der Waals surface area contributed by atoms with Gasteiger partial charge in [0.2, 0.25) is 0 Å². The molecule has 1 heterocycles. The third-order valence-electron chi connectivity index (χ3n) is 2.86. The Balaban J connectivity index is 2.57. The van der Waals surface area contributed by atoms with Crippen LogP contribution in [0.5, 0.6) is 0 Å². The molecule has 2 N–H and O–H groups in total. The van der Waals surface area contributed by atoms with Crippen molar-refractivity contribution in [3.63, 3.8) is 0 Å². The zero-order valence-corrected chi connectivity index (χ0v) is 12.0. The summed E-state index contributed by atoms with van der Waals surface area (Å²) in [7, 11) is 0. The van der Waals surface area contributed by atoms with Crippen molar-refractivity contribution in [3.8, 4) is 0 Å². The average Bonchev–Trinajstić information content (AvgIpc) is 2.64. The van der Waals surface area contributed by atoms with Gasteiger partial charge >= 0.3 is 0 Å². The van der Waals surface area contributed by atoms with Gasteiger partial charge in [0, 0.05) is 13.0 Å². The Kier molecular flexibility index (Phi) is 5.75. The van der Waals surface area contributed by atoms with Crippen LogP contribution in [0.3, 0.4) is 0 Å². The maximum absolute atomic E-state index is 10.4. The maximum atomic E-state index is 10.4. The van der Waals surface area contributed by atoms with Crippen molar-refractivity contribution < 1.29 is 5.11 Å². The first-order valence-corrected chi connectivity index (χ1v) is 6.74. The molecule has 1 rings (SSSR count). The fraction of sp³-hybridized carbons (Fsp3) is 0.846. The smallest absolute Gasteiger partial charge is 0.138 e. The van der Waals surface area contributed by atoms with Crippen molar-refractivity contribution in [2.75, 3.05) is 13.1 Å². The molecule has 0 saturated carbocycles. The average molecular weight is 254 g/mol. The second-order valence-corrected chi connectivity index (χ2v) is 5.53. The monoisotopic (exact) mass is 254 g/mol. The molecular weight excluding hydrogens is 228 g/mol. The topological polar surface area (TPSA) is 63.0 Å². The molecular formula is C13H26N4O. The molecule has 1 atom stereocenters. The second kappa shape index (κ2) is 6.85. The van der Waals surface area contributed by atoms with E-state index in [0.717, 1.165) is 31.9 Å². The fourth-order valence-electron chi connectivity index (χ4n) is 1.89. The summed E-state index contributed by atoms with van der Waals surface area (Å²) in [5, 5.41) is 17.8. The van der Waals surface area contributed by atoms with Gasteiger partial charge in [-0.1, -0.05) is 20.8 Å². The predicted octanol–water partition coefficient (Wildman–Crippen LogP) is 1.23. The van der Waals surface area contributed by atoms with E-state index in [1.54, 1.807) is 6.33 Å². The lowest BCUT2D eigenvalue weighted by Gasteiger charge is -2.23. The van der Waals surface area contributed by atoms with Crippen LogP contribution in [0, 0.1) is 5.92 Å². The highest BCUT2D eigenvalue weighted by Gasteiger charge is 2.23. The van der Waals surface area contributed by atoms with Crippen molar-refractivity contribution in [2.45, 2.75) is 52.7 Å². The lowest BCUT2D eigenvalue weighted by Crippen LogP contribution is -2.33. The zero-order valence-electron chi connectivity index (χ0n) is 12.0. The van der Waals surface area contributed by atoms with Gasteiger partial charge in [0.15, 0.2) is 0 Å². The molecule has 0 aromatic carbocycles. The van der Waals surface area contributed by atoms with Crippen molar-refractivity contribution in [3.05, 3.63) is 12.2 Å². The number of hydrogen-bond donors (Lipinski definition) is 2. The minimum atomic E-state index is -0.732. The Morgan fingerprint density at radius 3 is 2.83 bits per heavy atom. The summed E-state index contributed by atoms with van der Waals surface area (Å²) in [5.41, 5.74) is -0.732. The largest absolute Gasteiger partial charge is 0.390 e. The Bertz CT molecular complexity index is 347. The Morgan fingerprint density at radius 1 is 1.50 bits per heavy atom. The molecule has 104 valence electrons. The van der Waals surface area contributed by atoms with Gasteiger partial charge in [-0.15, -0.1) is 0 Å². The highest BCUT2D eigenvalue weighted by molar-refractivity contribution is 4.93. The Morgan fingerprint density at radius 2 is 2.22 bits per heavy atom. The first-order valence-electron chi connectivity index (χ1n) is 6.74. The fourth-order valence-corrected chi connectivity index (χ4v) is 1.89. The molecule has 5 nitrogen and oxygen atoms in total. The minimum Gasteiger partial charge on any atom is -0.390 e. The molecule has 1 aromatic rings. The van der Waals surface area contributed by atoms with E-state index in [2.05, 4.69) is 36.2 Å². The number of nitrogens with zero attached hydrogens (tertiary/aromatic N) is 3. The standard InChI is InChI=1S/C13H26N4O/c1-5-14-7-6-13(4,18)8-12-15-10-16-17(12)9-11(2)3/h10-11,14,18H,5-9H2,1-4H3. The molecule has 0 aliphatic rings. The molecule has 0 fully saturated rings. The summed E-state index contributed by atoms with van der Waals surface area (Å²) >= 11 is 0. The first kappa shape index (κ1) is 15.1. The Labute approximate surface area is 110 Å². The molecule has 0 saturated heterocycles. The molecule has 0 radical (unpaired) electrons. The summed E-state index contributed by atoms with van der Waals surface area (Å²) < 4.78 is 1.90. The van der Waals surface area contributed by atoms with E-state index >= 15 is 0 Å². The van der Waals surface area contributed by atoms with Crippen LogP contribution in [0.2, 0.25) is 0 Å². The number of aromatic nitrogens is 3. The van der Waals surface area contributed by atoms with Gasteiger partial charge in [-0.2, -0.15) is 5.10 Å².